The molecule has 0 aliphatic heterocycles. The van der Waals surface area contributed by atoms with Crippen molar-refractivity contribution in [1.29, 1.82) is 0 Å². The Labute approximate surface area is 170 Å². The van der Waals surface area contributed by atoms with E-state index in [-0.39, 0.29) is 10.8 Å². The minimum Gasteiger partial charge on any atom is -0.0625 e. The van der Waals surface area contributed by atoms with Gasteiger partial charge in [-0.15, -0.1) is 0 Å². The van der Waals surface area contributed by atoms with Crippen LogP contribution >= 0.6 is 0 Å². The van der Waals surface area contributed by atoms with E-state index < -0.39 is 0 Å². The van der Waals surface area contributed by atoms with Gasteiger partial charge in [-0.3, -0.25) is 0 Å². The summed E-state index contributed by atoms with van der Waals surface area (Å²) in [6.07, 6.45) is 3.71. The first kappa shape index (κ1) is 19.0. The number of rotatable bonds is 4. The summed E-state index contributed by atoms with van der Waals surface area (Å²) < 4.78 is 0. The quantitative estimate of drug-likeness (QED) is 0.450. The van der Waals surface area contributed by atoms with Gasteiger partial charge in [-0.25, -0.2) is 0 Å². The zero-order valence-corrected chi connectivity index (χ0v) is 17.4. The van der Waals surface area contributed by atoms with Crippen LogP contribution in [-0.4, -0.2) is 0 Å². The third-order valence-electron chi connectivity index (χ3n) is 7.41. The maximum absolute atomic E-state index is 2.51. The first-order chi connectivity index (χ1) is 13.6. The molecule has 3 aromatic rings. The predicted molar refractivity (Wildman–Crippen MR) is 120 cm³/mol. The predicted octanol–water partition coefficient (Wildman–Crippen LogP) is 7.39. The van der Waals surface area contributed by atoms with Crippen molar-refractivity contribution >= 4 is 0 Å². The summed E-state index contributed by atoms with van der Waals surface area (Å²) in [5.74, 6) is 1.43. The summed E-state index contributed by atoms with van der Waals surface area (Å²) in [6.45, 7) is 7.31. The van der Waals surface area contributed by atoms with Crippen molar-refractivity contribution < 1.29 is 0 Å². The number of benzene rings is 3. The molecule has 1 saturated carbocycles. The Hall–Kier alpha value is -2.34. The number of hydrogen-bond acceptors (Lipinski definition) is 0. The van der Waals surface area contributed by atoms with Crippen LogP contribution in [0.15, 0.2) is 91.0 Å². The minimum absolute atomic E-state index is 0.0237. The molecular weight excluding hydrogens is 336 g/mol. The average molecular weight is 369 g/mol. The Morgan fingerprint density at radius 2 is 1.11 bits per heavy atom. The fraction of sp³-hybridized carbons (Fsp3) is 0.357. The third kappa shape index (κ3) is 3.00. The van der Waals surface area contributed by atoms with Gasteiger partial charge in [0, 0.05) is 10.8 Å². The highest BCUT2D eigenvalue weighted by Gasteiger charge is 2.54. The van der Waals surface area contributed by atoms with E-state index in [1.807, 2.05) is 0 Å². The van der Waals surface area contributed by atoms with Crippen LogP contribution in [0.4, 0.5) is 0 Å². The van der Waals surface area contributed by atoms with E-state index in [2.05, 4.69) is 112 Å². The lowest BCUT2D eigenvalue weighted by molar-refractivity contribution is 0.117. The summed E-state index contributed by atoms with van der Waals surface area (Å²) in [5, 5.41) is 0. The van der Waals surface area contributed by atoms with Gasteiger partial charge in [0.2, 0.25) is 0 Å². The Balaban J connectivity index is 2.02. The summed E-state index contributed by atoms with van der Waals surface area (Å²) in [7, 11) is 0. The lowest BCUT2D eigenvalue weighted by atomic mass is 9.47. The fourth-order valence-electron chi connectivity index (χ4n) is 5.66. The smallest absolute Gasteiger partial charge is 0.0299 e. The molecule has 28 heavy (non-hydrogen) atoms. The highest BCUT2D eigenvalue weighted by molar-refractivity contribution is 5.49. The van der Waals surface area contributed by atoms with Gasteiger partial charge < -0.3 is 0 Å². The average Bonchev–Trinajstić information content (AvgIpc) is 2.76. The lowest BCUT2D eigenvalue weighted by Crippen LogP contribution is -2.53. The Morgan fingerprint density at radius 1 is 0.679 bits per heavy atom. The van der Waals surface area contributed by atoms with Crippen LogP contribution in [0.1, 0.15) is 56.7 Å². The first-order valence-electron chi connectivity index (χ1n) is 10.7. The van der Waals surface area contributed by atoms with Crippen LogP contribution in [0.5, 0.6) is 0 Å². The molecule has 0 saturated heterocycles. The Morgan fingerprint density at radius 3 is 1.54 bits per heavy atom. The van der Waals surface area contributed by atoms with Crippen molar-refractivity contribution in [3.05, 3.63) is 108 Å². The largest absolute Gasteiger partial charge is 0.0625 e. The molecule has 144 valence electrons. The normalized spacial score (nSPS) is 24.2. The zero-order chi connectivity index (χ0) is 19.6. The van der Waals surface area contributed by atoms with Crippen molar-refractivity contribution in [3.63, 3.8) is 0 Å². The lowest BCUT2D eigenvalue weighted by Gasteiger charge is -2.56. The van der Waals surface area contributed by atoms with Gasteiger partial charge in [-0.2, -0.15) is 0 Å². The second-order valence-corrected chi connectivity index (χ2v) is 9.08. The van der Waals surface area contributed by atoms with Crippen LogP contribution in [0, 0.1) is 11.8 Å². The minimum atomic E-state index is -0.0237. The SMILES string of the molecule is CC(C)C1CCC(C)(c2ccccc2)C(c2ccccc2)(c2ccccc2)C1. The Bertz CT molecular complexity index is 840. The van der Waals surface area contributed by atoms with E-state index in [9.17, 15) is 0 Å². The molecule has 0 heteroatoms. The second-order valence-electron chi connectivity index (χ2n) is 9.08. The summed E-state index contributed by atoms with van der Waals surface area (Å²) in [6, 6.07) is 33.8. The van der Waals surface area contributed by atoms with Crippen LogP contribution in [-0.2, 0) is 10.8 Å². The van der Waals surface area contributed by atoms with Crippen molar-refractivity contribution in [2.75, 3.05) is 0 Å². The molecule has 0 nitrogen and oxygen atoms in total. The molecule has 1 fully saturated rings. The molecule has 0 heterocycles. The second kappa shape index (κ2) is 7.59. The molecule has 3 aromatic carbocycles. The fourth-order valence-corrected chi connectivity index (χ4v) is 5.66. The van der Waals surface area contributed by atoms with Gasteiger partial charge in [0.25, 0.3) is 0 Å². The van der Waals surface area contributed by atoms with Crippen LogP contribution < -0.4 is 0 Å². The molecule has 2 unspecified atom stereocenters. The summed E-state index contributed by atoms with van der Waals surface area (Å²) in [5.41, 5.74) is 4.41. The monoisotopic (exact) mass is 368 g/mol. The molecular formula is C28H32. The highest BCUT2D eigenvalue weighted by atomic mass is 14.6. The van der Waals surface area contributed by atoms with Gasteiger partial charge >= 0.3 is 0 Å². The molecule has 0 aromatic heterocycles. The van der Waals surface area contributed by atoms with E-state index in [0.717, 1.165) is 5.92 Å². The standard InChI is InChI=1S/C28H32/c1-22(2)23-19-20-27(3,24-13-7-4-8-14-24)28(21-23,25-15-9-5-10-16-25)26-17-11-6-12-18-26/h4-18,22-23H,19-21H2,1-3H3. The van der Waals surface area contributed by atoms with E-state index in [1.54, 1.807) is 0 Å². The van der Waals surface area contributed by atoms with Crippen molar-refractivity contribution in [2.24, 2.45) is 11.8 Å². The zero-order valence-electron chi connectivity index (χ0n) is 17.4. The third-order valence-corrected chi connectivity index (χ3v) is 7.41. The molecule has 0 radical (unpaired) electrons. The number of hydrogen-bond donors (Lipinski definition) is 0. The van der Waals surface area contributed by atoms with Gasteiger partial charge in [-0.1, -0.05) is 112 Å². The van der Waals surface area contributed by atoms with Gasteiger partial charge in [0.15, 0.2) is 0 Å². The highest BCUT2D eigenvalue weighted by Crippen LogP contribution is 2.59. The maximum Gasteiger partial charge on any atom is 0.0299 e. The van der Waals surface area contributed by atoms with Crippen molar-refractivity contribution in [3.8, 4) is 0 Å². The van der Waals surface area contributed by atoms with E-state index in [0.29, 0.717) is 5.92 Å². The van der Waals surface area contributed by atoms with Gasteiger partial charge in [-0.05, 0) is 47.8 Å². The molecule has 4 rings (SSSR count). The first-order valence-corrected chi connectivity index (χ1v) is 10.7. The topological polar surface area (TPSA) is 0 Å². The van der Waals surface area contributed by atoms with E-state index in [1.165, 1.54) is 36.0 Å². The maximum atomic E-state index is 2.51. The van der Waals surface area contributed by atoms with Crippen LogP contribution in [0.25, 0.3) is 0 Å². The van der Waals surface area contributed by atoms with Gasteiger partial charge in [0.1, 0.15) is 0 Å². The van der Waals surface area contributed by atoms with Gasteiger partial charge in [0.05, 0.1) is 0 Å². The van der Waals surface area contributed by atoms with Crippen molar-refractivity contribution in [2.45, 2.75) is 50.9 Å². The summed E-state index contributed by atoms with van der Waals surface area (Å²) in [4.78, 5) is 0. The molecule has 0 spiro atoms. The molecule has 0 bridgehead atoms. The van der Waals surface area contributed by atoms with Crippen LogP contribution in [0.2, 0.25) is 0 Å². The summed E-state index contributed by atoms with van der Waals surface area (Å²) >= 11 is 0. The molecule has 0 N–H and O–H groups in total. The molecule has 1 aliphatic carbocycles. The van der Waals surface area contributed by atoms with E-state index >= 15 is 0 Å². The molecule has 1 aliphatic rings. The van der Waals surface area contributed by atoms with Crippen molar-refractivity contribution in [1.82, 2.24) is 0 Å². The van der Waals surface area contributed by atoms with Crippen LogP contribution in [0.3, 0.4) is 0 Å². The molecule has 2 atom stereocenters. The molecule has 0 amide bonds. The van der Waals surface area contributed by atoms with E-state index in [4.69, 9.17) is 0 Å². The Kier molecular flexibility index (Phi) is 5.15.